The van der Waals surface area contributed by atoms with Gasteiger partial charge in [0.1, 0.15) is 12.2 Å². The van der Waals surface area contributed by atoms with Crippen molar-refractivity contribution in [2.45, 2.75) is 33.2 Å². The van der Waals surface area contributed by atoms with Gasteiger partial charge in [0.05, 0.1) is 5.54 Å². The largest absolute Gasteiger partial charge is 0.363 e. The topological polar surface area (TPSA) is 81.8 Å². The van der Waals surface area contributed by atoms with Crippen LogP contribution in [0.3, 0.4) is 0 Å². The van der Waals surface area contributed by atoms with Crippen LogP contribution in [0.25, 0.3) is 11.6 Å². The Morgan fingerprint density at radius 3 is 2.53 bits per heavy atom. The number of carbonyl (C=O) groups excluding carboxylic acids is 3. The number of fused-ring (bicyclic) bond motifs is 1. The van der Waals surface area contributed by atoms with E-state index in [1.807, 2.05) is 18.2 Å². The minimum atomic E-state index is -0.616. The van der Waals surface area contributed by atoms with E-state index in [0.29, 0.717) is 5.69 Å². The van der Waals surface area contributed by atoms with Crippen molar-refractivity contribution < 1.29 is 14.4 Å². The van der Waals surface area contributed by atoms with Gasteiger partial charge in [0, 0.05) is 28.0 Å². The van der Waals surface area contributed by atoms with E-state index >= 15 is 0 Å². The van der Waals surface area contributed by atoms with Gasteiger partial charge in [-0.2, -0.15) is 0 Å². The Kier molecular flexibility index (Phi) is 6.36. The lowest BCUT2D eigenvalue weighted by Crippen LogP contribution is -2.44. The SMILES string of the molecule is CCN1c2ccc(/C=C3/NC(=O)N(CC(=O)Nc4ccc(Br)cc4)C3=O)cc2C(C)=CC1(C)C. The average molecular weight is 523 g/mol. The molecular weight excluding hydrogens is 496 g/mol. The molecule has 4 amide bonds. The van der Waals surface area contributed by atoms with Gasteiger partial charge in [-0.05, 0) is 81.3 Å². The van der Waals surface area contributed by atoms with Gasteiger partial charge in [-0.1, -0.05) is 28.1 Å². The molecule has 2 aliphatic rings. The lowest BCUT2D eigenvalue weighted by molar-refractivity contribution is -0.127. The van der Waals surface area contributed by atoms with E-state index in [2.05, 4.69) is 65.2 Å². The molecule has 0 atom stereocenters. The molecule has 7 nitrogen and oxygen atoms in total. The second-order valence-corrected chi connectivity index (χ2v) is 9.85. The maximum Gasteiger partial charge on any atom is 0.329 e. The summed E-state index contributed by atoms with van der Waals surface area (Å²) in [6.07, 6.45) is 3.89. The van der Waals surface area contributed by atoms with Gasteiger partial charge in [-0.3, -0.25) is 9.59 Å². The number of likely N-dealkylation sites (N-methyl/N-ethyl adjacent to an activating group) is 1. The van der Waals surface area contributed by atoms with Crippen LogP contribution in [-0.2, 0) is 9.59 Å². The molecule has 34 heavy (non-hydrogen) atoms. The van der Waals surface area contributed by atoms with Gasteiger partial charge >= 0.3 is 6.03 Å². The van der Waals surface area contributed by atoms with Crippen LogP contribution in [0.15, 0.2) is 58.7 Å². The number of allylic oxidation sites excluding steroid dienone is 1. The Morgan fingerprint density at radius 1 is 1.15 bits per heavy atom. The standard InChI is InChI=1S/C26H27BrN4O3/c1-5-31-22-11-6-17(12-20(22)16(2)14-26(31,3)4)13-21-24(33)30(25(34)29-21)15-23(32)28-19-9-7-18(27)8-10-19/h6-14H,5,15H2,1-4H3,(H,28,32)(H,29,34)/b21-13+. The number of nitrogens with zero attached hydrogens (tertiary/aromatic N) is 2. The van der Waals surface area contributed by atoms with Crippen molar-refractivity contribution >= 4 is 56.8 Å². The van der Waals surface area contributed by atoms with Gasteiger partial charge in [0.15, 0.2) is 0 Å². The summed E-state index contributed by atoms with van der Waals surface area (Å²) in [5.41, 5.74) is 4.84. The lowest BCUT2D eigenvalue weighted by atomic mass is 9.88. The summed E-state index contributed by atoms with van der Waals surface area (Å²) in [5, 5.41) is 5.28. The second kappa shape index (κ2) is 9.10. The number of halogens is 1. The summed E-state index contributed by atoms with van der Waals surface area (Å²) in [4.78, 5) is 40.9. The van der Waals surface area contributed by atoms with E-state index in [1.165, 1.54) is 0 Å². The molecule has 0 saturated carbocycles. The Hall–Kier alpha value is -3.39. The van der Waals surface area contributed by atoms with Crippen molar-refractivity contribution in [2.75, 3.05) is 23.3 Å². The number of nitrogens with one attached hydrogen (secondary N) is 2. The maximum atomic E-state index is 12.9. The van der Waals surface area contributed by atoms with Crippen LogP contribution in [0.5, 0.6) is 0 Å². The number of anilines is 2. The molecule has 0 aliphatic carbocycles. The van der Waals surface area contributed by atoms with E-state index in [4.69, 9.17) is 0 Å². The maximum absolute atomic E-state index is 12.9. The molecule has 0 unspecified atom stereocenters. The molecule has 2 aromatic carbocycles. The van der Waals surface area contributed by atoms with Gasteiger partial charge < -0.3 is 15.5 Å². The molecular formula is C26H27BrN4O3. The Morgan fingerprint density at radius 2 is 1.85 bits per heavy atom. The molecule has 0 radical (unpaired) electrons. The lowest BCUT2D eigenvalue weighted by Gasteiger charge is -2.42. The smallest absolute Gasteiger partial charge is 0.329 e. The molecule has 1 fully saturated rings. The summed E-state index contributed by atoms with van der Waals surface area (Å²) in [6, 6.07) is 12.4. The minimum Gasteiger partial charge on any atom is -0.363 e. The van der Waals surface area contributed by atoms with Crippen molar-refractivity contribution in [3.8, 4) is 0 Å². The van der Waals surface area contributed by atoms with Crippen LogP contribution >= 0.6 is 15.9 Å². The third-order valence-corrected chi connectivity index (χ3v) is 6.55. The van der Waals surface area contributed by atoms with Crippen molar-refractivity contribution in [2.24, 2.45) is 0 Å². The first-order valence-electron chi connectivity index (χ1n) is 11.1. The van der Waals surface area contributed by atoms with Crippen LogP contribution in [0, 0.1) is 0 Å². The normalized spacial score (nSPS) is 18.0. The van der Waals surface area contributed by atoms with Crippen molar-refractivity contribution in [3.05, 3.63) is 69.8 Å². The van der Waals surface area contributed by atoms with Crippen LogP contribution in [-0.4, -0.2) is 41.4 Å². The number of hydrogen-bond acceptors (Lipinski definition) is 4. The highest BCUT2D eigenvalue weighted by atomic mass is 79.9. The van der Waals surface area contributed by atoms with E-state index in [-0.39, 0.29) is 17.8 Å². The molecule has 2 heterocycles. The molecule has 2 aliphatic heterocycles. The Bertz CT molecular complexity index is 1230. The fourth-order valence-corrected chi connectivity index (χ4v) is 4.79. The number of benzene rings is 2. The predicted molar refractivity (Wildman–Crippen MR) is 138 cm³/mol. The highest BCUT2D eigenvalue weighted by Crippen LogP contribution is 2.39. The molecule has 2 N–H and O–H groups in total. The van der Waals surface area contributed by atoms with Crippen LogP contribution in [0.4, 0.5) is 16.2 Å². The van der Waals surface area contributed by atoms with Crippen molar-refractivity contribution in [3.63, 3.8) is 0 Å². The molecule has 0 aromatic heterocycles. The summed E-state index contributed by atoms with van der Waals surface area (Å²) in [5.74, 6) is -0.985. The molecule has 1 saturated heterocycles. The van der Waals surface area contributed by atoms with Crippen LogP contribution in [0.1, 0.15) is 38.8 Å². The molecule has 0 spiro atoms. The zero-order valence-corrected chi connectivity index (χ0v) is 21.2. The fraction of sp³-hybridized carbons (Fsp3) is 0.269. The van der Waals surface area contributed by atoms with Gasteiger partial charge in [0.25, 0.3) is 5.91 Å². The number of rotatable bonds is 5. The molecule has 176 valence electrons. The van der Waals surface area contributed by atoms with E-state index in [1.54, 1.807) is 30.3 Å². The summed E-state index contributed by atoms with van der Waals surface area (Å²) >= 11 is 3.34. The minimum absolute atomic E-state index is 0.0848. The molecule has 0 bridgehead atoms. The number of carbonyl (C=O) groups is 3. The zero-order valence-electron chi connectivity index (χ0n) is 19.6. The summed E-state index contributed by atoms with van der Waals surface area (Å²) < 4.78 is 0.883. The molecule has 4 rings (SSSR count). The van der Waals surface area contributed by atoms with E-state index in [0.717, 1.165) is 38.3 Å². The number of urea groups is 1. The van der Waals surface area contributed by atoms with Crippen LogP contribution in [0.2, 0.25) is 0 Å². The average Bonchev–Trinajstić information content (AvgIpc) is 3.02. The third-order valence-electron chi connectivity index (χ3n) is 6.02. The van der Waals surface area contributed by atoms with Crippen molar-refractivity contribution in [1.82, 2.24) is 10.2 Å². The third kappa shape index (κ3) is 4.63. The molecule has 8 heteroatoms. The predicted octanol–water partition coefficient (Wildman–Crippen LogP) is 5.00. The first-order chi connectivity index (χ1) is 16.1. The molecule has 2 aromatic rings. The van der Waals surface area contributed by atoms with Crippen LogP contribution < -0.4 is 15.5 Å². The first kappa shape index (κ1) is 23.8. The van der Waals surface area contributed by atoms with E-state index < -0.39 is 17.8 Å². The monoisotopic (exact) mass is 522 g/mol. The van der Waals surface area contributed by atoms with Crippen molar-refractivity contribution in [1.29, 1.82) is 0 Å². The highest BCUT2D eigenvalue weighted by molar-refractivity contribution is 9.10. The number of imide groups is 1. The number of hydrogen-bond donors (Lipinski definition) is 2. The second-order valence-electron chi connectivity index (χ2n) is 8.94. The first-order valence-corrected chi connectivity index (χ1v) is 11.9. The number of amides is 4. The highest BCUT2D eigenvalue weighted by Gasteiger charge is 2.35. The fourth-order valence-electron chi connectivity index (χ4n) is 4.53. The quantitative estimate of drug-likeness (QED) is 0.427. The van der Waals surface area contributed by atoms with Gasteiger partial charge in [0.2, 0.25) is 5.91 Å². The summed E-state index contributed by atoms with van der Waals surface area (Å²) in [7, 11) is 0. The zero-order chi connectivity index (χ0) is 24.6. The van der Waals surface area contributed by atoms with Gasteiger partial charge in [-0.15, -0.1) is 0 Å². The summed E-state index contributed by atoms with van der Waals surface area (Å²) in [6.45, 7) is 9.09. The Labute approximate surface area is 207 Å². The van der Waals surface area contributed by atoms with E-state index in [9.17, 15) is 14.4 Å². The Balaban J connectivity index is 1.52. The van der Waals surface area contributed by atoms with Gasteiger partial charge in [-0.25, -0.2) is 9.69 Å².